The number of nitrogens with one attached hydrogen (secondary N) is 1. The van der Waals surface area contributed by atoms with Gasteiger partial charge in [0.25, 0.3) is 0 Å². The van der Waals surface area contributed by atoms with Gasteiger partial charge < -0.3 is 65.1 Å². The topological polar surface area (TPSA) is 228 Å². The number of amides is 1. The first kappa shape index (κ1) is 33.9. The molecule has 0 bridgehead atoms. The molecule has 0 aromatic rings. The summed E-state index contributed by atoms with van der Waals surface area (Å²) in [5.74, 6) is -0.339. The van der Waals surface area contributed by atoms with Gasteiger partial charge in [-0.25, -0.2) is 0 Å². The second kappa shape index (κ2) is 16.9. The third kappa shape index (κ3) is 9.38. The van der Waals surface area contributed by atoms with Gasteiger partial charge in [0, 0.05) is 6.42 Å². The van der Waals surface area contributed by atoms with E-state index in [1.807, 2.05) is 6.08 Å². The second-order valence-electron chi connectivity index (χ2n) is 9.78. The second-order valence-corrected chi connectivity index (χ2v) is 9.78. The molecule has 12 atom stereocenters. The molecular formula is C25H45NO13. The molecule has 0 aromatic heterocycles. The van der Waals surface area contributed by atoms with Gasteiger partial charge in [0.1, 0.15) is 48.8 Å². The molecule has 0 spiro atoms. The molecule has 0 aliphatic carbocycles. The van der Waals surface area contributed by atoms with Crippen LogP contribution < -0.4 is 5.32 Å². The largest absolute Gasteiger partial charge is 0.394 e. The Labute approximate surface area is 227 Å². The fourth-order valence-electron chi connectivity index (χ4n) is 4.31. The number of carbonyl (C=O) groups is 1. The summed E-state index contributed by atoms with van der Waals surface area (Å²) in [7, 11) is 0. The summed E-state index contributed by atoms with van der Waals surface area (Å²) in [6.07, 6.45) is -9.56. The van der Waals surface area contributed by atoms with Gasteiger partial charge in [0.15, 0.2) is 12.6 Å². The zero-order chi connectivity index (χ0) is 29.1. The van der Waals surface area contributed by atoms with E-state index in [9.17, 15) is 45.6 Å². The summed E-state index contributed by atoms with van der Waals surface area (Å²) < 4.78 is 22.0. The number of aliphatic hydroxyl groups is 8. The highest BCUT2D eigenvalue weighted by molar-refractivity contribution is 5.75. The van der Waals surface area contributed by atoms with Crippen molar-refractivity contribution >= 4 is 5.91 Å². The molecule has 0 radical (unpaired) electrons. The molecule has 2 saturated heterocycles. The van der Waals surface area contributed by atoms with Gasteiger partial charge in [0.2, 0.25) is 5.91 Å². The number of hydrogen-bond donors (Lipinski definition) is 9. The van der Waals surface area contributed by atoms with Crippen molar-refractivity contribution in [2.24, 2.45) is 0 Å². The van der Waals surface area contributed by atoms with Gasteiger partial charge in [-0.1, -0.05) is 38.8 Å². The van der Waals surface area contributed by atoms with Crippen LogP contribution in [0, 0.1) is 0 Å². The predicted molar refractivity (Wildman–Crippen MR) is 134 cm³/mol. The number of carbonyl (C=O) groups excluding carboxylic acids is 1. The van der Waals surface area contributed by atoms with Crippen LogP contribution in [0.3, 0.4) is 0 Å². The SMILES string of the molecule is CCCCC/C=C/C(O)C(COC1OC(CO)C(OC2OC(CO)C(O)C(O)C2O)C(O)C1O)NC(=O)CC. The molecular weight excluding hydrogens is 522 g/mol. The molecule has 0 saturated carbocycles. The Morgan fingerprint density at radius 2 is 1.54 bits per heavy atom. The van der Waals surface area contributed by atoms with Crippen molar-refractivity contribution in [2.75, 3.05) is 19.8 Å². The van der Waals surface area contributed by atoms with E-state index in [0.29, 0.717) is 0 Å². The van der Waals surface area contributed by atoms with Crippen LogP contribution in [-0.4, -0.2) is 140 Å². The Hall–Kier alpha value is -1.27. The van der Waals surface area contributed by atoms with Gasteiger partial charge in [-0.15, -0.1) is 0 Å². The maximum atomic E-state index is 12.0. The minimum absolute atomic E-state index is 0.161. The number of allylic oxidation sites excluding steroid dienone is 1. The predicted octanol–water partition coefficient (Wildman–Crippen LogP) is -2.98. The third-order valence-corrected chi connectivity index (χ3v) is 6.79. The van der Waals surface area contributed by atoms with E-state index in [4.69, 9.17) is 18.9 Å². The van der Waals surface area contributed by atoms with E-state index >= 15 is 0 Å². The quantitative estimate of drug-likeness (QED) is 0.0712. The number of rotatable bonds is 15. The minimum atomic E-state index is -1.78. The van der Waals surface area contributed by atoms with Crippen molar-refractivity contribution in [3.05, 3.63) is 12.2 Å². The van der Waals surface area contributed by atoms with E-state index < -0.39 is 86.8 Å². The van der Waals surface area contributed by atoms with Crippen LogP contribution >= 0.6 is 0 Å². The third-order valence-electron chi connectivity index (χ3n) is 6.79. The van der Waals surface area contributed by atoms with Crippen LogP contribution in [0.15, 0.2) is 12.2 Å². The van der Waals surface area contributed by atoms with Crippen molar-refractivity contribution in [1.29, 1.82) is 0 Å². The first-order valence-electron chi connectivity index (χ1n) is 13.4. The molecule has 1 amide bonds. The Bertz CT molecular complexity index is 739. The van der Waals surface area contributed by atoms with E-state index in [2.05, 4.69) is 12.2 Å². The summed E-state index contributed by atoms with van der Waals surface area (Å²) >= 11 is 0. The highest BCUT2D eigenvalue weighted by atomic mass is 16.7. The smallest absolute Gasteiger partial charge is 0.220 e. The van der Waals surface area contributed by atoms with E-state index in [-0.39, 0.29) is 18.9 Å². The lowest BCUT2D eigenvalue weighted by Crippen LogP contribution is -2.65. The molecule has 0 aromatic carbocycles. The molecule has 2 rings (SSSR count). The summed E-state index contributed by atoms with van der Waals surface area (Å²) in [5.41, 5.74) is 0. The zero-order valence-corrected chi connectivity index (χ0v) is 22.4. The molecule has 39 heavy (non-hydrogen) atoms. The van der Waals surface area contributed by atoms with Crippen LogP contribution in [0.25, 0.3) is 0 Å². The van der Waals surface area contributed by atoms with Crippen LogP contribution in [0.1, 0.15) is 46.0 Å². The molecule has 2 aliphatic heterocycles. The number of aliphatic hydroxyl groups excluding tert-OH is 8. The Kier molecular flexibility index (Phi) is 14.7. The molecule has 228 valence electrons. The maximum Gasteiger partial charge on any atom is 0.220 e. The van der Waals surface area contributed by atoms with Crippen LogP contribution in [-0.2, 0) is 23.7 Å². The molecule has 14 heteroatoms. The molecule has 2 heterocycles. The van der Waals surface area contributed by atoms with Crippen molar-refractivity contribution in [3.63, 3.8) is 0 Å². The fraction of sp³-hybridized carbons (Fsp3) is 0.880. The molecule has 14 nitrogen and oxygen atoms in total. The van der Waals surface area contributed by atoms with Crippen LogP contribution in [0.2, 0.25) is 0 Å². The summed E-state index contributed by atoms with van der Waals surface area (Å²) in [6.45, 7) is 2.00. The maximum absolute atomic E-state index is 12.0. The van der Waals surface area contributed by atoms with Crippen molar-refractivity contribution in [2.45, 2.75) is 120 Å². The van der Waals surface area contributed by atoms with Crippen molar-refractivity contribution in [1.82, 2.24) is 5.32 Å². The van der Waals surface area contributed by atoms with Crippen molar-refractivity contribution in [3.8, 4) is 0 Å². The standard InChI is InChI=1S/C25H45NO13/c1-3-5-6-7-8-9-14(29)13(26-17(30)4-2)12-36-24-22(35)20(33)23(16(11-28)38-24)39-25-21(34)19(32)18(31)15(10-27)37-25/h8-9,13-16,18-25,27-29,31-35H,3-7,10-12H2,1-2H3,(H,26,30)/b9-8+. The summed E-state index contributed by atoms with van der Waals surface area (Å²) in [6, 6.07) is -0.900. The lowest BCUT2D eigenvalue weighted by molar-refractivity contribution is -0.359. The highest BCUT2D eigenvalue weighted by Gasteiger charge is 2.50. The van der Waals surface area contributed by atoms with Gasteiger partial charge in [-0.05, 0) is 12.8 Å². The average molecular weight is 568 g/mol. The summed E-state index contributed by atoms with van der Waals surface area (Å²) in [5, 5.41) is 84.0. The monoisotopic (exact) mass is 567 g/mol. The number of ether oxygens (including phenoxy) is 4. The Morgan fingerprint density at radius 3 is 2.15 bits per heavy atom. The minimum Gasteiger partial charge on any atom is -0.394 e. The van der Waals surface area contributed by atoms with Gasteiger partial charge in [-0.2, -0.15) is 0 Å². The first-order valence-corrected chi connectivity index (χ1v) is 13.4. The molecule has 2 fully saturated rings. The van der Waals surface area contributed by atoms with Crippen LogP contribution in [0.5, 0.6) is 0 Å². The van der Waals surface area contributed by atoms with Crippen molar-refractivity contribution < 1.29 is 64.6 Å². The normalized spacial score (nSPS) is 37.1. The molecule has 12 unspecified atom stereocenters. The lowest BCUT2D eigenvalue weighted by atomic mass is 9.97. The van der Waals surface area contributed by atoms with Gasteiger partial charge in [0.05, 0.1) is 32.0 Å². The Morgan fingerprint density at radius 1 is 0.897 bits per heavy atom. The summed E-state index contributed by atoms with van der Waals surface area (Å²) in [4.78, 5) is 12.0. The molecule has 9 N–H and O–H groups in total. The first-order chi connectivity index (χ1) is 18.6. The number of unbranched alkanes of at least 4 members (excludes halogenated alkanes) is 3. The highest BCUT2D eigenvalue weighted by Crippen LogP contribution is 2.29. The zero-order valence-electron chi connectivity index (χ0n) is 22.4. The average Bonchev–Trinajstić information content (AvgIpc) is 2.93. The fourth-order valence-corrected chi connectivity index (χ4v) is 4.31. The van der Waals surface area contributed by atoms with Gasteiger partial charge in [-0.3, -0.25) is 4.79 Å². The lowest BCUT2D eigenvalue weighted by Gasteiger charge is -2.46. The van der Waals surface area contributed by atoms with Gasteiger partial charge >= 0.3 is 0 Å². The van der Waals surface area contributed by atoms with Crippen LogP contribution in [0.4, 0.5) is 0 Å². The number of hydrogen-bond acceptors (Lipinski definition) is 13. The Balaban J connectivity index is 2.05. The van der Waals surface area contributed by atoms with E-state index in [1.54, 1.807) is 13.0 Å². The molecule has 2 aliphatic rings. The van der Waals surface area contributed by atoms with E-state index in [0.717, 1.165) is 25.7 Å². The van der Waals surface area contributed by atoms with E-state index in [1.165, 1.54) is 0 Å².